The van der Waals surface area contributed by atoms with Crippen molar-refractivity contribution in [1.82, 2.24) is 10.2 Å². The van der Waals surface area contributed by atoms with Gasteiger partial charge < -0.3 is 15.7 Å². The molecule has 5 nitrogen and oxygen atoms in total. The number of phenols is 1. The summed E-state index contributed by atoms with van der Waals surface area (Å²) in [5.74, 6) is 0.189. The fraction of sp³-hybridized carbons (Fsp3) is 0.389. The highest BCUT2D eigenvalue weighted by molar-refractivity contribution is 7.16. The maximum absolute atomic E-state index is 12.7. The summed E-state index contributed by atoms with van der Waals surface area (Å²) >= 11 is 1.67. The van der Waals surface area contributed by atoms with Crippen LogP contribution in [0.4, 0.5) is 5.00 Å². The lowest BCUT2D eigenvalue weighted by Crippen LogP contribution is -2.39. The molecule has 0 spiro atoms. The summed E-state index contributed by atoms with van der Waals surface area (Å²) in [6, 6.07) is 5.60. The summed E-state index contributed by atoms with van der Waals surface area (Å²) < 4.78 is 0. The number of phenolic OH excluding ortho intramolecular Hbond substituents is 1. The maximum atomic E-state index is 12.7. The highest BCUT2D eigenvalue weighted by Crippen LogP contribution is 2.41. The molecule has 0 fully saturated rings. The molecule has 0 bridgehead atoms. The molecule has 1 aromatic heterocycles. The Hall–Kier alpha value is -2.05. The van der Waals surface area contributed by atoms with Gasteiger partial charge in [0.05, 0.1) is 5.56 Å². The van der Waals surface area contributed by atoms with Gasteiger partial charge in [0.1, 0.15) is 16.9 Å². The summed E-state index contributed by atoms with van der Waals surface area (Å²) in [5, 5.41) is 17.7. The topological polar surface area (TPSA) is 64.6 Å². The van der Waals surface area contributed by atoms with Gasteiger partial charge in [0.2, 0.25) is 0 Å². The van der Waals surface area contributed by atoms with E-state index in [1.165, 1.54) is 10.4 Å². The molecule has 24 heavy (non-hydrogen) atoms. The molecule has 3 N–H and O–H groups in total. The van der Waals surface area contributed by atoms with Gasteiger partial charge in [-0.15, -0.1) is 11.3 Å². The molecule has 1 amide bonds. The number of fused-ring (bicyclic) bond motifs is 3. The molecule has 0 unspecified atom stereocenters. The average molecular weight is 343 g/mol. The average Bonchev–Trinajstić information content (AvgIpc) is 2.94. The van der Waals surface area contributed by atoms with Crippen LogP contribution in [0, 0.1) is 6.92 Å². The Morgan fingerprint density at radius 1 is 1.38 bits per heavy atom. The van der Waals surface area contributed by atoms with Gasteiger partial charge in [-0.1, -0.05) is 25.1 Å². The van der Waals surface area contributed by atoms with E-state index in [0.29, 0.717) is 5.56 Å². The summed E-state index contributed by atoms with van der Waals surface area (Å²) in [6.07, 6.45) is 0.525. The highest BCUT2D eigenvalue weighted by atomic mass is 32.1. The number of carbonyl (C=O) groups excluding carboxylic acids is 1. The lowest BCUT2D eigenvalue weighted by atomic mass is 9.99. The van der Waals surface area contributed by atoms with Crippen molar-refractivity contribution >= 4 is 22.2 Å². The van der Waals surface area contributed by atoms with Crippen molar-refractivity contribution in [2.45, 2.75) is 33.0 Å². The van der Waals surface area contributed by atoms with Gasteiger partial charge in [0.15, 0.2) is 0 Å². The molecule has 0 saturated heterocycles. The number of amides is 1. The molecule has 4 rings (SSSR count). The van der Waals surface area contributed by atoms with Crippen molar-refractivity contribution in [3.05, 3.63) is 45.3 Å². The van der Waals surface area contributed by atoms with E-state index in [1.54, 1.807) is 11.3 Å². The van der Waals surface area contributed by atoms with Crippen molar-refractivity contribution in [1.29, 1.82) is 0 Å². The van der Waals surface area contributed by atoms with Crippen LogP contribution in [0.15, 0.2) is 18.2 Å². The minimum absolute atomic E-state index is 0.0443. The van der Waals surface area contributed by atoms with Crippen LogP contribution >= 0.6 is 11.3 Å². The molecule has 0 aliphatic carbocycles. The van der Waals surface area contributed by atoms with Gasteiger partial charge in [-0.2, -0.15) is 0 Å². The first-order chi connectivity index (χ1) is 11.6. The summed E-state index contributed by atoms with van der Waals surface area (Å²) in [4.78, 5) is 16.4. The number of rotatable bonds is 2. The lowest BCUT2D eigenvalue weighted by Gasteiger charge is -2.28. The number of nitrogens with one attached hydrogen (secondary N) is 2. The van der Waals surface area contributed by atoms with Crippen LogP contribution in [-0.2, 0) is 13.0 Å². The van der Waals surface area contributed by atoms with E-state index in [1.807, 2.05) is 25.1 Å². The first-order valence-electron chi connectivity index (χ1n) is 8.31. The summed E-state index contributed by atoms with van der Waals surface area (Å²) in [5.41, 5.74) is 3.50. The molecular formula is C18H21N3O2S. The Kier molecular flexibility index (Phi) is 3.73. The van der Waals surface area contributed by atoms with Crippen molar-refractivity contribution in [2.75, 3.05) is 18.4 Å². The van der Waals surface area contributed by atoms with Gasteiger partial charge in [0.25, 0.3) is 5.91 Å². The van der Waals surface area contributed by atoms with Crippen molar-refractivity contribution in [2.24, 2.45) is 0 Å². The highest BCUT2D eigenvalue weighted by Gasteiger charge is 2.33. The van der Waals surface area contributed by atoms with Crippen molar-refractivity contribution < 1.29 is 9.90 Å². The molecule has 0 radical (unpaired) electrons. The molecule has 0 saturated carbocycles. The van der Waals surface area contributed by atoms with Crippen LogP contribution in [0.2, 0.25) is 0 Å². The molecule has 6 heteroatoms. The predicted octanol–water partition coefficient (Wildman–Crippen LogP) is 2.99. The van der Waals surface area contributed by atoms with Crippen molar-refractivity contribution in [3.63, 3.8) is 0 Å². The number of aromatic hydroxyl groups is 1. The van der Waals surface area contributed by atoms with Crippen LogP contribution in [0.3, 0.4) is 0 Å². The van der Waals surface area contributed by atoms with E-state index in [0.717, 1.165) is 42.2 Å². The smallest absolute Gasteiger partial charge is 0.256 e. The Balaban J connectivity index is 1.70. The Morgan fingerprint density at radius 2 is 2.21 bits per heavy atom. The SMILES string of the molecule is CCN1CCc2c(sc3c2C(=O)N[C@@H](c2cccc(C)c2O)N3)C1. The van der Waals surface area contributed by atoms with Crippen LogP contribution in [0.5, 0.6) is 5.75 Å². The van der Waals surface area contributed by atoms with Gasteiger partial charge in [-0.25, -0.2) is 0 Å². The Labute approximate surface area is 145 Å². The number of aryl methyl sites for hydroxylation is 1. The van der Waals surface area contributed by atoms with Gasteiger partial charge in [-0.3, -0.25) is 9.69 Å². The number of likely N-dealkylation sites (N-methyl/N-ethyl adjacent to an activating group) is 1. The van der Waals surface area contributed by atoms with Gasteiger partial charge in [-0.05, 0) is 31.0 Å². The number of hydrogen-bond donors (Lipinski definition) is 3. The molecule has 3 heterocycles. The third kappa shape index (κ3) is 2.37. The number of nitrogens with zero attached hydrogens (tertiary/aromatic N) is 1. The molecule has 2 aliphatic heterocycles. The van der Waals surface area contributed by atoms with Crippen LogP contribution in [0.25, 0.3) is 0 Å². The maximum Gasteiger partial charge on any atom is 0.256 e. The third-order valence-electron chi connectivity index (χ3n) is 4.94. The first kappa shape index (κ1) is 15.5. The summed E-state index contributed by atoms with van der Waals surface area (Å²) in [7, 11) is 0. The Bertz CT molecular complexity index is 815. The predicted molar refractivity (Wildman–Crippen MR) is 95.6 cm³/mol. The molecular weight excluding hydrogens is 322 g/mol. The first-order valence-corrected chi connectivity index (χ1v) is 9.13. The van der Waals surface area contributed by atoms with E-state index in [9.17, 15) is 9.90 Å². The molecule has 2 aliphatic rings. The van der Waals surface area contributed by atoms with E-state index in [4.69, 9.17) is 0 Å². The zero-order chi connectivity index (χ0) is 16.8. The summed E-state index contributed by atoms with van der Waals surface area (Å²) in [6.45, 7) is 6.97. The van der Waals surface area contributed by atoms with Crippen LogP contribution in [0.1, 0.15) is 45.0 Å². The standard InChI is InChI=1S/C18H21N3O2S/c1-3-21-8-7-11-13(9-21)24-18-14(11)17(23)19-16(20-18)12-6-4-5-10(2)15(12)22/h4-6,16,20,22H,3,7-9H2,1-2H3,(H,19,23)/t16-/m1/s1. The van der Waals surface area contributed by atoms with E-state index < -0.39 is 6.17 Å². The van der Waals surface area contributed by atoms with E-state index >= 15 is 0 Å². The van der Waals surface area contributed by atoms with Crippen LogP contribution in [-0.4, -0.2) is 29.0 Å². The Morgan fingerprint density at radius 3 is 3.00 bits per heavy atom. The normalized spacial score (nSPS) is 20.1. The largest absolute Gasteiger partial charge is 0.507 e. The molecule has 2 aromatic rings. The van der Waals surface area contributed by atoms with E-state index in [-0.39, 0.29) is 11.7 Å². The second kappa shape index (κ2) is 5.79. The quantitative estimate of drug-likeness (QED) is 0.784. The second-order valence-electron chi connectivity index (χ2n) is 6.39. The minimum Gasteiger partial charge on any atom is -0.507 e. The van der Waals surface area contributed by atoms with Gasteiger partial charge >= 0.3 is 0 Å². The van der Waals surface area contributed by atoms with Gasteiger partial charge in [0, 0.05) is 23.5 Å². The molecule has 126 valence electrons. The number of para-hydroxylation sites is 1. The zero-order valence-corrected chi connectivity index (χ0v) is 14.7. The third-order valence-corrected chi connectivity index (χ3v) is 6.09. The number of thiophene rings is 1. The number of hydrogen-bond acceptors (Lipinski definition) is 5. The molecule has 1 atom stereocenters. The number of anilines is 1. The number of carbonyl (C=O) groups is 1. The minimum atomic E-state index is -0.396. The second-order valence-corrected chi connectivity index (χ2v) is 7.50. The van der Waals surface area contributed by atoms with Crippen LogP contribution < -0.4 is 10.6 Å². The fourth-order valence-corrected chi connectivity index (χ4v) is 4.82. The zero-order valence-electron chi connectivity index (χ0n) is 13.8. The number of benzene rings is 1. The lowest BCUT2D eigenvalue weighted by molar-refractivity contribution is 0.0934. The monoisotopic (exact) mass is 343 g/mol. The van der Waals surface area contributed by atoms with E-state index in [2.05, 4.69) is 22.5 Å². The molecule has 1 aromatic carbocycles. The van der Waals surface area contributed by atoms with Crippen molar-refractivity contribution in [3.8, 4) is 5.75 Å². The fourth-order valence-electron chi connectivity index (χ4n) is 3.51.